The Labute approximate surface area is 111 Å². The van der Waals surface area contributed by atoms with Crippen LogP contribution in [0.2, 0.25) is 0 Å². The molecule has 2 nitrogen and oxygen atoms in total. The van der Waals surface area contributed by atoms with Crippen molar-refractivity contribution in [2.75, 3.05) is 0 Å². The molecule has 0 heterocycles. The lowest BCUT2D eigenvalue weighted by Crippen LogP contribution is -2.08. The first-order valence-corrected chi connectivity index (χ1v) is 6.10. The van der Waals surface area contributed by atoms with Gasteiger partial charge in [-0.2, -0.15) is 0 Å². The number of carboxylic acid groups (broad SMARTS) is 1. The van der Waals surface area contributed by atoms with E-state index in [0.717, 1.165) is 16.7 Å². The molecule has 1 atom stereocenters. The summed E-state index contributed by atoms with van der Waals surface area (Å²) in [6.07, 6.45) is -0.00526. The van der Waals surface area contributed by atoms with Crippen LogP contribution >= 0.6 is 0 Å². The monoisotopic (exact) mass is 258 g/mol. The fourth-order valence-electron chi connectivity index (χ4n) is 2.10. The molecule has 0 saturated heterocycles. The third-order valence-corrected chi connectivity index (χ3v) is 3.13. The van der Waals surface area contributed by atoms with Gasteiger partial charge in [-0.25, -0.2) is 4.39 Å². The Kier molecular flexibility index (Phi) is 3.95. The van der Waals surface area contributed by atoms with E-state index < -0.39 is 5.97 Å². The van der Waals surface area contributed by atoms with Crippen LogP contribution in [0.3, 0.4) is 0 Å². The predicted octanol–water partition coefficient (Wildman–Crippen LogP) is 3.74. The van der Waals surface area contributed by atoms with Gasteiger partial charge in [0.15, 0.2) is 0 Å². The minimum Gasteiger partial charge on any atom is -0.481 e. The highest BCUT2D eigenvalue weighted by Gasteiger charge is 2.17. The van der Waals surface area contributed by atoms with Crippen LogP contribution in [0.15, 0.2) is 48.5 Å². The molecule has 0 bridgehead atoms. The van der Waals surface area contributed by atoms with Gasteiger partial charge in [-0.1, -0.05) is 42.0 Å². The van der Waals surface area contributed by atoms with Crippen molar-refractivity contribution in [3.63, 3.8) is 0 Å². The Balaban J connectivity index is 2.37. The molecule has 0 aromatic heterocycles. The van der Waals surface area contributed by atoms with Gasteiger partial charge in [-0.3, -0.25) is 4.79 Å². The quantitative estimate of drug-likeness (QED) is 0.907. The first-order chi connectivity index (χ1) is 9.06. The Morgan fingerprint density at radius 3 is 2.00 bits per heavy atom. The first kappa shape index (κ1) is 13.3. The Bertz CT molecular complexity index is 513. The highest BCUT2D eigenvalue weighted by atomic mass is 19.1. The maximum atomic E-state index is 13.0. The molecule has 1 N–H and O–H groups in total. The Morgan fingerprint density at radius 1 is 1.05 bits per heavy atom. The summed E-state index contributed by atoms with van der Waals surface area (Å²) >= 11 is 0. The molecule has 0 radical (unpaired) electrons. The van der Waals surface area contributed by atoms with E-state index in [2.05, 4.69) is 0 Å². The SMILES string of the molecule is Cc1ccc([C@@H](CC(=O)O)c2ccc(F)cc2)cc1. The van der Waals surface area contributed by atoms with Crippen molar-refractivity contribution in [3.05, 3.63) is 71.0 Å². The van der Waals surface area contributed by atoms with Gasteiger partial charge in [-0.15, -0.1) is 0 Å². The second-order valence-corrected chi connectivity index (χ2v) is 4.61. The van der Waals surface area contributed by atoms with Crippen LogP contribution in [0.25, 0.3) is 0 Å². The number of benzene rings is 2. The zero-order valence-electron chi connectivity index (χ0n) is 10.6. The summed E-state index contributed by atoms with van der Waals surface area (Å²) in [6, 6.07) is 13.8. The zero-order chi connectivity index (χ0) is 13.8. The second-order valence-electron chi connectivity index (χ2n) is 4.61. The van der Waals surface area contributed by atoms with Crippen LogP contribution in [0, 0.1) is 12.7 Å². The second kappa shape index (κ2) is 5.65. The fourth-order valence-corrected chi connectivity index (χ4v) is 2.10. The van der Waals surface area contributed by atoms with E-state index in [1.165, 1.54) is 12.1 Å². The van der Waals surface area contributed by atoms with Crippen molar-refractivity contribution < 1.29 is 14.3 Å². The van der Waals surface area contributed by atoms with Crippen molar-refractivity contribution in [2.45, 2.75) is 19.3 Å². The summed E-state index contributed by atoms with van der Waals surface area (Å²) in [5.74, 6) is -1.43. The van der Waals surface area contributed by atoms with Crippen LogP contribution in [-0.4, -0.2) is 11.1 Å². The predicted molar refractivity (Wildman–Crippen MR) is 71.7 cm³/mol. The average Bonchev–Trinajstić information content (AvgIpc) is 2.38. The van der Waals surface area contributed by atoms with Crippen molar-refractivity contribution in [3.8, 4) is 0 Å². The molecule has 0 saturated carbocycles. The highest BCUT2D eigenvalue weighted by Crippen LogP contribution is 2.28. The van der Waals surface area contributed by atoms with E-state index >= 15 is 0 Å². The average molecular weight is 258 g/mol. The van der Waals surface area contributed by atoms with E-state index in [4.69, 9.17) is 5.11 Å². The Hall–Kier alpha value is -2.16. The lowest BCUT2D eigenvalue weighted by atomic mass is 9.88. The molecule has 3 heteroatoms. The van der Waals surface area contributed by atoms with Gasteiger partial charge >= 0.3 is 5.97 Å². The van der Waals surface area contributed by atoms with Crippen molar-refractivity contribution in [1.82, 2.24) is 0 Å². The number of rotatable bonds is 4. The Morgan fingerprint density at radius 2 is 1.53 bits per heavy atom. The lowest BCUT2D eigenvalue weighted by Gasteiger charge is -2.16. The van der Waals surface area contributed by atoms with Crippen LogP contribution in [0.5, 0.6) is 0 Å². The standard InChI is InChI=1S/C16H15FO2/c1-11-2-4-12(5-3-11)15(10-16(18)19)13-6-8-14(17)9-7-13/h2-9,15H,10H2,1H3,(H,18,19)/t15-/m1/s1. The number of aryl methyl sites for hydroxylation is 1. The summed E-state index contributed by atoms with van der Waals surface area (Å²) in [6.45, 7) is 1.98. The maximum Gasteiger partial charge on any atom is 0.304 e. The fraction of sp³-hybridized carbons (Fsp3) is 0.188. The van der Waals surface area contributed by atoms with Gasteiger partial charge < -0.3 is 5.11 Å². The van der Waals surface area contributed by atoms with E-state index in [1.807, 2.05) is 31.2 Å². The molecule has 2 aromatic carbocycles. The smallest absolute Gasteiger partial charge is 0.304 e. The van der Waals surface area contributed by atoms with Gasteiger partial charge in [0.05, 0.1) is 6.42 Å². The third-order valence-electron chi connectivity index (χ3n) is 3.13. The van der Waals surface area contributed by atoms with Crippen LogP contribution in [0.1, 0.15) is 29.0 Å². The molecule has 98 valence electrons. The summed E-state index contributed by atoms with van der Waals surface area (Å²) in [5.41, 5.74) is 2.86. The summed E-state index contributed by atoms with van der Waals surface area (Å²) < 4.78 is 13.0. The van der Waals surface area contributed by atoms with Gasteiger partial charge in [0.2, 0.25) is 0 Å². The molecule has 0 amide bonds. The molecule has 19 heavy (non-hydrogen) atoms. The van der Waals surface area contributed by atoms with Crippen LogP contribution < -0.4 is 0 Å². The molecule has 2 aromatic rings. The van der Waals surface area contributed by atoms with Crippen molar-refractivity contribution in [1.29, 1.82) is 0 Å². The topological polar surface area (TPSA) is 37.3 Å². The number of carboxylic acids is 1. The number of halogens is 1. The van der Waals surface area contributed by atoms with Crippen LogP contribution in [-0.2, 0) is 4.79 Å². The van der Waals surface area contributed by atoms with Gasteiger partial charge in [0.1, 0.15) is 5.82 Å². The molecular formula is C16H15FO2. The molecule has 0 aliphatic rings. The van der Waals surface area contributed by atoms with E-state index in [9.17, 15) is 9.18 Å². The molecule has 0 spiro atoms. The number of hydrogen-bond acceptors (Lipinski definition) is 1. The minimum atomic E-state index is -0.866. The molecular weight excluding hydrogens is 243 g/mol. The molecule has 2 rings (SSSR count). The third kappa shape index (κ3) is 3.41. The normalized spacial score (nSPS) is 12.1. The summed E-state index contributed by atoms with van der Waals surface area (Å²) in [7, 11) is 0. The van der Waals surface area contributed by atoms with Gasteiger partial charge in [0.25, 0.3) is 0 Å². The van der Waals surface area contributed by atoms with E-state index in [-0.39, 0.29) is 18.2 Å². The van der Waals surface area contributed by atoms with Crippen LogP contribution in [0.4, 0.5) is 4.39 Å². The number of hydrogen-bond donors (Lipinski definition) is 1. The first-order valence-electron chi connectivity index (χ1n) is 6.10. The van der Waals surface area contributed by atoms with Crippen molar-refractivity contribution >= 4 is 5.97 Å². The molecule has 0 aliphatic carbocycles. The number of carbonyl (C=O) groups is 1. The molecule has 0 unspecified atom stereocenters. The summed E-state index contributed by atoms with van der Waals surface area (Å²) in [4.78, 5) is 11.0. The largest absolute Gasteiger partial charge is 0.481 e. The van der Waals surface area contributed by atoms with Gasteiger partial charge in [0, 0.05) is 5.92 Å². The van der Waals surface area contributed by atoms with E-state index in [1.54, 1.807) is 12.1 Å². The minimum absolute atomic E-state index is 0.00526. The zero-order valence-corrected chi connectivity index (χ0v) is 10.6. The number of aliphatic carboxylic acids is 1. The van der Waals surface area contributed by atoms with Gasteiger partial charge in [-0.05, 0) is 30.2 Å². The summed E-state index contributed by atoms with van der Waals surface area (Å²) in [5, 5.41) is 9.04. The molecule has 0 fully saturated rings. The maximum absolute atomic E-state index is 13.0. The lowest BCUT2D eigenvalue weighted by molar-refractivity contribution is -0.137. The molecule has 0 aliphatic heterocycles. The highest BCUT2D eigenvalue weighted by molar-refractivity contribution is 5.69. The van der Waals surface area contributed by atoms with E-state index in [0.29, 0.717) is 0 Å². The van der Waals surface area contributed by atoms with Crippen molar-refractivity contribution in [2.24, 2.45) is 0 Å².